The second-order valence-electron chi connectivity index (χ2n) is 2.22. The highest BCUT2D eigenvalue weighted by atomic mass is 16.4. The van der Waals surface area contributed by atoms with E-state index in [2.05, 4.69) is 0 Å². The lowest BCUT2D eigenvalue weighted by Gasteiger charge is -2.19. The molecule has 0 spiro atoms. The van der Waals surface area contributed by atoms with Crippen LogP contribution in [0.1, 0.15) is 0 Å². The first kappa shape index (κ1) is 10.5. The van der Waals surface area contributed by atoms with Gasteiger partial charge in [0, 0.05) is 0 Å². The van der Waals surface area contributed by atoms with Crippen molar-refractivity contribution in [2.75, 3.05) is 13.2 Å². The maximum atomic E-state index is 10.1. The van der Waals surface area contributed by atoms with Gasteiger partial charge in [-0.1, -0.05) is 0 Å². The first-order chi connectivity index (χ1) is 5.17. The van der Waals surface area contributed by atoms with E-state index < -0.39 is 31.3 Å². The average Bonchev–Trinajstić information content (AvgIpc) is 2.05. The van der Waals surface area contributed by atoms with E-state index in [-0.39, 0.29) is 0 Å². The van der Waals surface area contributed by atoms with Gasteiger partial charge in [0.05, 0.1) is 25.2 Å². The molecule has 0 aromatic heterocycles. The molecule has 66 valence electrons. The second kappa shape index (κ2) is 5.20. The van der Waals surface area contributed by atoms with Gasteiger partial charge in [-0.15, -0.1) is 0 Å². The Labute approximate surface area is 63.9 Å². The molecule has 0 aliphatic rings. The van der Waals surface area contributed by atoms with Crippen molar-refractivity contribution in [3.63, 3.8) is 0 Å². The molecule has 5 nitrogen and oxygen atoms in total. The molecular weight excluding hydrogens is 152 g/mol. The SMILES string of the molecule is O=CC(CO)C(O)C(O)CO. The fourth-order valence-corrected chi connectivity index (χ4v) is 0.625. The van der Waals surface area contributed by atoms with E-state index in [1.807, 2.05) is 0 Å². The van der Waals surface area contributed by atoms with Gasteiger partial charge >= 0.3 is 0 Å². The Morgan fingerprint density at radius 2 is 1.73 bits per heavy atom. The lowest BCUT2D eigenvalue weighted by atomic mass is 10.0. The van der Waals surface area contributed by atoms with Crippen molar-refractivity contribution >= 4 is 6.29 Å². The summed E-state index contributed by atoms with van der Waals surface area (Å²) in [6.07, 6.45) is -2.44. The lowest BCUT2D eigenvalue weighted by Crippen LogP contribution is -2.38. The number of carbonyl (C=O) groups excluding carboxylic acids is 1. The summed E-state index contributed by atoms with van der Waals surface area (Å²) < 4.78 is 0. The summed E-state index contributed by atoms with van der Waals surface area (Å²) in [5.74, 6) is -1.03. The molecule has 0 bridgehead atoms. The topological polar surface area (TPSA) is 98.0 Å². The van der Waals surface area contributed by atoms with Crippen LogP contribution in [0.3, 0.4) is 0 Å². The van der Waals surface area contributed by atoms with Crippen LogP contribution in [0, 0.1) is 5.92 Å². The summed E-state index contributed by atoms with van der Waals surface area (Å²) in [7, 11) is 0. The monoisotopic (exact) mass is 164 g/mol. The third-order valence-corrected chi connectivity index (χ3v) is 1.41. The van der Waals surface area contributed by atoms with Crippen LogP contribution in [0.15, 0.2) is 0 Å². The molecule has 0 fully saturated rings. The Hall–Kier alpha value is -0.490. The maximum Gasteiger partial charge on any atom is 0.128 e. The highest BCUT2D eigenvalue weighted by Gasteiger charge is 2.24. The molecule has 11 heavy (non-hydrogen) atoms. The molecule has 4 N–H and O–H groups in total. The highest BCUT2D eigenvalue weighted by Crippen LogP contribution is 2.04. The minimum absolute atomic E-state index is 0.337. The molecule has 0 aromatic rings. The molecule has 0 saturated heterocycles. The molecule has 5 heteroatoms. The zero-order valence-electron chi connectivity index (χ0n) is 5.92. The smallest absolute Gasteiger partial charge is 0.128 e. The fraction of sp³-hybridized carbons (Fsp3) is 0.833. The van der Waals surface area contributed by atoms with Crippen LogP contribution in [-0.2, 0) is 4.79 Å². The first-order valence-electron chi connectivity index (χ1n) is 3.20. The molecule has 3 unspecified atom stereocenters. The van der Waals surface area contributed by atoms with Gasteiger partial charge in [-0.3, -0.25) is 0 Å². The zero-order valence-corrected chi connectivity index (χ0v) is 5.92. The van der Waals surface area contributed by atoms with Crippen LogP contribution < -0.4 is 0 Å². The summed E-state index contributed by atoms with van der Waals surface area (Å²) in [4.78, 5) is 10.1. The van der Waals surface area contributed by atoms with Crippen molar-refractivity contribution in [1.82, 2.24) is 0 Å². The second-order valence-corrected chi connectivity index (χ2v) is 2.22. The van der Waals surface area contributed by atoms with E-state index >= 15 is 0 Å². The molecule has 3 atom stereocenters. The Kier molecular flexibility index (Phi) is 4.97. The molecule has 0 saturated carbocycles. The van der Waals surface area contributed by atoms with Gasteiger partial charge < -0.3 is 25.2 Å². The van der Waals surface area contributed by atoms with Gasteiger partial charge in [0.25, 0.3) is 0 Å². The minimum Gasteiger partial charge on any atom is -0.396 e. The van der Waals surface area contributed by atoms with E-state index in [1.165, 1.54) is 0 Å². The van der Waals surface area contributed by atoms with E-state index in [0.717, 1.165) is 0 Å². The van der Waals surface area contributed by atoms with E-state index in [9.17, 15) is 4.79 Å². The number of aldehydes is 1. The maximum absolute atomic E-state index is 10.1. The Morgan fingerprint density at radius 1 is 1.18 bits per heavy atom. The first-order valence-corrected chi connectivity index (χ1v) is 3.20. The predicted octanol–water partition coefficient (Wildman–Crippen LogP) is -2.49. The van der Waals surface area contributed by atoms with Crippen molar-refractivity contribution in [3.05, 3.63) is 0 Å². The van der Waals surface area contributed by atoms with E-state index in [4.69, 9.17) is 20.4 Å². The van der Waals surface area contributed by atoms with Gasteiger partial charge in [0.1, 0.15) is 12.4 Å². The minimum atomic E-state index is -1.40. The van der Waals surface area contributed by atoms with Crippen molar-refractivity contribution in [3.8, 4) is 0 Å². The number of carbonyl (C=O) groups is 1. The largest absolute Gasteiger partial charge is 0.396 e. The predicted molar refractivity (Wildman–Crippen MR) is 35.7 cm³/mol. The van der Waals surface area contributed by atoms with Gasteiger partial charge in [-0.05, 0) is 0 Å². The van der Waals surface area contributed by atoms with Gasteiger partial charge in [0.2, 0.25) is 0 Å². The molecule has 0 aliphatic carbocycles. The molecule has 0 aliphatic heterocycles. The van der Waals surface area contributed by atoms with Crippen molar-refractivity contribution in [1.29, 1.82) is 0 Å². The molecule has 0 rings (SSSR count). The molecule has 0 radical (unpaired) electrons. The number of aliphatic hydroxyl groups excluding tert-OH is 4. The van der Waals surface area contributed by atoms with Gasteiger partial charge in [-0.25, -0.2) is 0 Å². The summed E-state index contributed by atoms with van der Waals surface area (Å²) in [6, 6.07) is 0. The molecule has 0 heterocycles. The molecule has 0 aromatic carbocycles. The van der Waals surface area contributed by atoms with Crippen LogP contribution >= 0.6 is 0 Å². The Balaban J connectivity index is 3.96. The summed E-state index contributed by atoms with van der Waals surface area (Å²) in [5, 5.41) is 34.6. The van der Waals surface area contributed by atoms with Crippen LogP contribution in [0.4, 0.5) is 0 Å². The van der Waals surface area contributed by atoms with Crippen LogP contribution in [0.2, 0.25) is 0 Å². The van der Waals surface area contributed by atoms with E-state index in [0.29, 0.717) is 6.29 Å². The molecule has 0 amide bonds. The van der Waals surface area contributed by atoms with Crippen molar-refractivity contribution in [2.24, 2.45) is 5.92 Å². The average molecular weight is 164 g/mol. The summed E-state index contributed by atoms with van der Waals surface area (Å²) >= 11 is 0. The van der Waals surface area contributed by atoms with Crippen molar-refractivity contribution in [2.45, 2.75) is 12.2 Å². The quantitative estimate of drug-likeness (QED) is 0.337. The van der Waals surface area contributed by atoms with Gasteiger partial charge in [0.15, 0.2) is 0 Å². The zero-order chi connectivity index (χ0) is 8.85. The standard InChI is InChI=1S/C6H12O5/c7-1-4(2-8)6(11)5(10)3-9/h1,4-6,8-11H,2-3H2. The number of hydrogen-bond donors (Lipinski definition) is 4. The Bertz CT molecular complexity index is 116. The summed E-state index contributed by atoms with van der Waals surface area (Å²) in [5.41, 5.74) is 0. The van der Waals surface area contributed by atoms with Crippen LogP contribution in [0.5, 0.6) is 0 Å². The van der Waals surface area contributed by atoms with Crippen molar-refractivity contribution < 1.29 is 25.2 Å². The molecular formula is C6H12O5. The third kappa shape index (κ3) is 2.94. The summed E-state index contributed by atoms with van der Waals surface area (Å²) in [6.45, 7) is -1.17. The lowest BCUT2D eigenvalue weighted by molar-refractivity contribution is -0.121. The highest BCUT2D eigenvalue weighted by molar-refractivity contribution is 5.54. The third-order valence-electron chi connectivity index (χ3n) is 1.41. The number of hydrogen-bond acceptors (Lipinski definition) is 5. The van der Waals surface area contributed by atoms with Crippen LogP contribution in [0.25, 0.3) is 0 Å². The van der Waals surface area contributed by atoms with Gasteiger partial charge in [-0.2, -0.15) is 0 Å². The normalized spacial score (nSPS) is 18.9. The fourth-order valence-electron chi connectivity index (χ4n) is 0.625. The van der Waals surface area contributed by atoms with E-state index in [1.54, 1.807) is 0 Å². The number of rotatable bonds is 5. The number of aliphatic hydroxyl groups is 4. The van der Waals surface area contributed by atoms with Crippen LogP contribution in [-0.4, -0.2) is 52.1 Å². The Morgan fingerprint density at radius 3 is 2.00 bits per heavy atom.